The first-order valence-electron chi connectivity index (χ1n) is 5.65. The summed E-state index contributed by atoms with van der Waals surface area (Å²) in [7, 11) is 1.28. The summed E-state index contributed by atoms with van der Waals surface area (Å²) in [4.78, 5) is 10.8. The molecular formula is C13H14N2O4. The molecule has 0 aliphatic carbocycles. The molecule has 1 aliphatic heterocycles. The van der Waals surface area contributed by atoms with Crippen molar-refractivity contribution in [3.8, 4) is 11.5 Å². The number of hydrogen-bond acceptors (Lipinski definition) is 5. The highest BCUT2D eigenvalue weighted by atomic mass is 16.7. The Hall–Kier alpha value is -2.50. The first-order valence-corrected chi connectivity index (χ1v) is 5.65. The van der Waals surface area contributed by atoms with Gasteiger partial charge in [0.05, 0.1) is 12.8 Å². The molecule has 0 aromatic heterocycles. The molecule has 1 amide bonds. The minimum atomic E-state index is -0.601. The zero-order valence-electron chi connectivity index (χ0n) is 10.7. The molecule has 6 heteroatoms. The zero-order chi connectivity index (χ0) is 13.7. The lowest BCUT2D eigenvalue weighted by molar-refractivity contribution is 0.171. The number of allylic oxidation sites excluding steroid dienone is 1. The van der Waals surface area contributed by atoms with Crippen LogP contribution in [-0.2, 0) is 4.74 Å². The fourth-order valence-electron chi connectivity index (χ4n) is 1.45. The van der Waals surface area contributed by atoms with E-state index in [1.54, 1.807) is 13.0 Å². The van der Waals surface area contributed by atoms with Gasteiger partial charge in [-0.3, -0.25) is 0 Å². The van der Waals surface area contributed by atoms with Crippen LogP contribution in [0.1, 0.15) is 12.5 Å². The first-order chi connectivity index (χ1) is 9.19. The van der Waals surface area contributed by atoms with Crippen LogP contribution in [0.5, 0.6) is 11.5 Å². The summed E-state index contributed by atoms with van der Waals surface area (Å²) in [5.74, 6) is 1.47. The van der Waals surface area contributed by atoms with Gasteiger partial charge < -0.3 is 14.2 Å². The van der Waals surface area contributed by atoms with Crippen LogP contribution in [0.25, 0.3) is 6.08 Å². The summed E-state index contributed by atoms with van der Waals surface area (Å²) < 4.78 is 14.9. The van der Waals surface area contributed by atoms with Crippen molar-refractivity contribution < 1.29 is 19.0 Å². The molecular weight excluding hydrogens is 248 g/mol. The summed E-state index contributed by atoms with van der Waals surface area (Å²) in [5, 5.41) is 3.83. The topological polar surface area (TPSA) is 69.2 Å². The molecule has 1 aromatic carbocycles. The predicted molar refractivity (Wildman–Crippen MR) is 70.2 cm³/mol. The molecule has 0 atom stereocenters. The zero-order valence-corrected chi connectivity index (χ0v) is 10.7. The summed E-state index contributed by atoms with van der Waals surface area (Å²) in [6, 6.07) is 5.63. The fraction of sp³-hybridized carbons (Fsp3) is 0.231. The van der Waals surface area contributed by atoms with E-state index in [4.69, 9.17) is 9.47 Å². The number of rotatable bonds is 3. The van der Waals surface area contributed by atoms with Crippen molar-refractivity contribution in [1.29, 1.82) is 0 Å². The number of carbonyl (C=O) groups excluding carboxylic acids is 1. The number of ether oxygens (including phenoxy) is 3. The Kier molecular flexibility index (Phi) is 4.02. The normalized spacial score (nSPS) is 13.7. The van der Waals surface area contributed by atoms with Crippen molar-refractivity contribution in [2.45, 2.75) is 6.92 Å². The number of benzene rings is 1. The van der Waals surface area contributed by atoms with Gasteiger partial charge in [0.15, 0.2) is 11.5 Å². The molecule has 0 unspecified atom stereocenters. The van der Waals surface area contributed by atoms with Crippen LogP contribution in [0.2, 0.25) is 0 Å². The molecule has 1 heterocycles. The molecule has 0 radical (unpaired) electrons. The van der Waals surface area contributed by atoms with Crippen LogP contribution in [0.4, 0.5) is 4.79 Å². The Balaban J connectivity index is 2.00. The summed E-state index contributed by atoms with van der Waals surface area (Å²) in [6.07, 6.45) is 3.03. The molecule has 100 valence electrons. The second-order valence-electron chi connectivity index (χ2n) is 3.80. The monoisotopic (exact) mass is 262 g/mol. The number of fused-ring (bicyclic) bond motifs is 1. The van der Waals surface area contributed by atoms with Gasteiger partial charge in [0, 0.05) is 0 Å². The van der Waals surface area contributed by atoms with Gasteiger partial charge in [-0.1, -0.05) is 12.1 Å². The molecule has 0 saturated heterocycles. The Morgan fingerprint density at radius 2 is 2.21 bits per heavy atom. The highest BCUT2D eigenvalue weighted by Gasteiger charge is 2.11. The molecule has 0 spiro atoms. The van der Waals surface area contributed by atoms with Crippen LogP contribution >= 0.6 is 0 Å². The summed E-state index contributed by atoms with van der Waals surface area (Å²) >= 11 is 0. The predicted octanol–water partition coefficient (Wildman–Crippen LogP) is 2.16. The number of nitrogens with zero attached hydrogens (tertiary/aromatic N) is 1. The maximum atomic E-state index is 10.8. The van der Waals surface area contributed by atoms with Gasteiger partial charge in [0.25, 0.3) is 0 Å². The van der Waals surface area contributed by atoms with E-state index in [-0.39, 0.29) is 6.79 Å². The second-order valence-corrected chi connectivity index (χ2v) is 3.80. The second kappa shape index (κ2) is 5.90. The standard InChI is InChI=1S/C13H14N2O4/c1-9(14-15-13(16)17-2)3-4-10-5-6-11-12(7-10)19-8-18-11/h3-7H,8H2,1-2H3,(H,15,16)/b4-3+,14-9?. The van der Waals surface area contributed by atoms with Gasteiger partial charge >= 0.3 is 6.09 Å². The molecule has 0 bridgehead atoms. The van der Waals surface area contributed by atoms with Gasteiger partial charge in [-0.15, -0.1) is 0 Å². The van der Waals surface area contributed by atoms with Crippen LogP contribution in [0.15, 0.2) is 29.4 Å². The fourth-order valence-corrected chi connectivity index (χ4v) is 1.45. The van der Waals surface area contributed by atoms with E-state index in [1.165, 1.54) is 7.11 Å². The highest BCUT2D eigenvalue weighted by Crippen LogP contribution is 2.32. The molecule has 0 fully saturated rings. The highest BCUT2D eigenvalue weighted by molar-refractivity contribution is 5.96. The van der Waals surface area contributed by atoms with E-state index >= 15 is 0 Å². The van der Waals surface area contributed by atoms with Gasteiger partial charge in [-0.2, -0.15) is 5.10 Å². The lowest BCUT2D eigenvalue weighted by Crippen LogP contribution is -2.17. The van der Waals surface area contributed by atoms with Crippen molar-refractivity contribution in [3.05, 3.63) is 29.8 Å². The quantitative estimate of drug-likeness (QED) is 0.669. The van der Waals surface area contributed by atoms with Gasteiger partial charge in [-0.05, 0) is 30.7 Å². The third kappa shape index (κ3) is 3.48. The maximum Gasteiger partial charge on any atom is 0.427 e. The number of hydrogen-bond donors (Lipinski definition) is 1. The Labute approximate surface area is 110 Å². The SMILES string of the molecule is COC(=O)NN=C(C)/C=C/c1ccc2c(c1)OCO2. The van der Waals surface area contributed by atoms with Crippen LogP contribution in [0.3, 0.4) is 0 Å². The van der Waals surface area contributed by atoms with Crippen molar-refractivity contribution >= 4 is 17.9 Å². The van der Waals surface area contributed by atoms with E-state index in [1.807, 2.05) is 24.3 Å². The van der Waals surface area contributed by atoms with E-state index < -0.39 is 6.09 Å². The van der Waals surface area contributed by atoms with Gasteiger partial charge in [0.2, 0.25) is 6.79 Å². The third-order valence-corrected chi connectivity index (χ3v) is 2.42. The van der Waals surface area contributed by atoms with Crippen LogP contribution in [-0.4, -0.2) is 25.7 Å². The largest absolute Gasteiger partial charge is 0.454 e. The summed E-state index contributed by atoms with van der Waals surface area (Å²) in [5.41, 5.74) is 3.84. The lowest BCUT2D eigenvalue weighted by Gasteiger charge is -1.98. The van der Waals surface area contributed by atoms with E-state index in [0.717, 1.165) is 17.1 Å². The molecule has 1 N–H and O–H groups in total. The Bertz CT molecular complexity index is 537. The molecule has 1 aromatic rings. The van der Waals surface area contributed by atoms with Crippen LogP contribution in [0, 0.1) is 0 Å². The molecule has 2 rings (SSSR count). The smallest absolute Gasteiger partial charge is 0.427 e. The first kappa shape index (κ1) is 12.9. The van der Waals surface area contributed by atoms with E-state index in [2.05, 4.69) is 15.3 Å². The number of amides is 1. The number of methoxy groups -OCH3 is 1. The average molecular weight is 262 g/mol. The van der Waals surface area contributed by atoms with Gasteiger partial charge in [-0.25, -0.2) is 10.2 Å². The molecule has 19 heavy (non-hydrogen) atoms. The third-order valence-electron chi connectivity index (χ3n) is 2.42. The number of hydrazone groups is 1. The van der Waals surface area contributed by atoms with Crippen molar-refractivity contribution in [2.24, 2.45) is 5.10 Å². The Morgan fingerprint density at radius 3 is 3.00 bits per heavy atom. The van der Waals surface area contributed by atoms with Crippen LogP contribution < -0.4 is 14.9 Å². The number of carbonyl (C=O) groups is 1. The maximum absolute atomic E-state index is 10.8. The van der Waals surface area contributed by atoms with Crippen molar-refractivity contribution in [2.75, 3.05) is 13.9 Å². The molecule has 1 aliphatic rings. The van der Waals surface area contributed by atoms with Gasteiger partial charge in [0.1, 0.15) is 0 Å². The van der Waals surface area contributed by atoms with E-state index in [0.29, 0.717) is 5.71 Å². The molecule has 6 nitrogen and oxygen atoms in total. The average Bonchev–Trinajstić information content (AvgIpc) is 2.89. The Morgan fingerprint density at radius 1 is 1.42 bits per heavy atom. The van der Waals surface area contributed by atoms with Crippen molar-refractivity contribution in [1.82, 2.24) is 5.43 Å². The molecule has 0 saturated carbocycles. The van der Waals surface area contributed by atoms with E-state index in [9.17, 15) is 4.79 Å². The minimum Gasteiger partial charge on any atom is -0.454 e. The summed E-state index contributed by atoms with van der Waals surface area (Å²) in [6.45, 7) is 2.02. The van der Waals surface area contributed by atoms with Crippen molar-refractivity contribution in [3.63, 3.8) is 0 Å². The minimum absolute atomic E-state index is 0.256. The number of nitrogens with one attached hydrogen (secondary N) is 1. The lowest BCUT2D eigenvalue weighted by atomic mass is 10.2.